The lowest BCUT2D eigenvalue weighted by molar-refractivity contribution is -0.137. The van der Waals surface area contributed by atoms with Crippen molar-refractivity contribution in [2.24, 2.45) is 0 Å². The molecule has 0 atom stereocenters. The molecule has 0 unspecified atom stereocenters. The zero-order valence-electron chi connectivity index (χ0n) is 8.05. The normalized spacial score (nSPS) is 9.60. The van der Waals surface area contributed by atoms with Gasteiger partial charge in [0.2, 0.25) is 0 Å². The van der Waals surface area contributed by atoms with Crippen molar-refractivity contribution in [3.8, 4) is 0 Å². The van der Waals surface area contributed by atoms with Crippen LogP contribution in [0.5, 0.6) is 0 Å². The fourth-order valence-corrected chi connectivity index (χ4v) is 1.11. The third kappa shape index (κ3) is 2.98. The Balaban J connectivity index is 2.75. The van der Waals surface area contributed by atoms with Gasteiger partial charge >= 0.3 is 5.97 Å². The van der Waals surface area contributed by atoms with Gasteiger partial charge in [-0.25, -0.2) is 0 Å². The summed E-state index contributed by atoms with van der Waals surface area (Å²) < 4.78 is 4.75. The van der Waals surface area contributed by atoms with Crippen LogP contribution in [0.1, 0.15) is 10.4 Å². The molecule has 15 heavy (non-hydrogen) atoms. The summed E-state index contributed by atoms with van der Waals surface area (Å²) in [6.45, 7) is 3.30. The average Bonchev–Trinajstić information content (AvgIpc) is 2.68. The Kier molecular flexibility index (Phi) is 3.68. The Morgan fingerprint density at radius 2 is 2.33 bits per heavy atom. The number of nitrogens with zero attached hydrogens (tertiary/aromatic N) is 1. The van der Waals surface area contributed by atoms with Crippen molar-refractivity contribution in [3.63, 3.8) is 0 Å². The fraction of sp³-hybridized carbons (Fsp3) is 0.200. The Labute approximate surface area is 86.6 Å². The molecule has 1 N–H and O–H groups in total. The maximum Gasteiger partial charge on any atom is 0.323 e. The minimum Gasteiger partial charge on any atom is -0.480 e. The van der Waals surface area contributed by atoms with Crippen LogP contribution in [0.2, 0.25) is 0 Å². The van der Waals surface area contributed by atoms with Crippen LogP contribution in [0.3, 0.4) is 0 Å². The van der Waals surface area contributed by atoms with Crippen LogP contribution in [-0.4, -0.2) is 35.0 Å². The lowest BCUT2D eigenvalue weighted by Gasteiger charge is -2.17. The van der Waals surface area contributed by atoms with Crippen molar-refractivity contribution in [1.29, 1.82) is 0 Å². The van der Waals surface area contributed by atoms with E-state index < -0.39 is 5.97 Å². The lowest BCUT2D eigenvalue weighted by Crippen LogP contribution is -2.35. The lowest BCUT2D eigenvalue weighted by atomic mass is 10.3. The van der Waals surface area contributed by atoms with Gasteiger partial charge in [0.25, 0.3) is 5.91 Å². The van der Waals surface area contributed by atoms with E-state index in [0.29, 0.717) is 5.56 Å². The van der Waals surface area contributed by atoms with E-state index >= 15 is 0 Å². The molecule has 1 aromatic heterocycles. The zero-order valence-corrected chi connectivity index (χ0v) is 8.05. The van der Waals surface area contributed by atoms with Gasteiger partial charge in [0.15, 0.2) is 0 Å². The Morgan fingerprint density at radius 1 is 1.60 bits per heavy atom. The highest BCUT2D eigenvalue weighted by Crippen LogP contribution is 2.05. The van der Waals surface area contributed by atoms with Gasteiger partial charge in [-0.15, -0.1) is 6.58 Å². The maximum absolute atomic E-state index is 11.7. The van der Waals surface area contributed by atoms with Crippen LogP contribution in [0.4, 0.5) is 0 Å². The Morgan fingerprint density at radius 3 is 2.80 bits per heavy atom. The molecule has 0 saturated carbocycles. The van der Waals surface area contributed by atoms with Gasteiger partial charge in [-0.3, -0.25) is 9.59 Å². The van der Waals surface area contributed by atoms with Gasteiger partial charge in [-0.05, 0) is 6.07 Å². The van der Waals surface area contributed by atoms with Crippen LogP contribution < -0.4 is 0 Å². The molecular weight excluding hydrogens is 198 g/mol. The monoisotopic (exact) mass is 209 g/mol. The molecule has 80 valence electrons. The number of furan rings is 1. The molecule has 0 bridgehead atoms. The minimum atomic E-state index is -1.06. The molecule has 0 aromatic carbocycles. The van der Waals surface area contributed by atoms with E-state index in [1.807, 2.05) is 0 Å². The largest absolute Gasteiger partial charge is 0.480 e. The molecule has 1 aromatic rings. The molecule has 5 nitrogen and oxygen atoms in total. The number of hydrogen-bond donors (Lipinski definition) is 1. The second-order valence-corrected chi connectivity index (χ2v) is 2.88. The van der Waals surface area contributed by atoms with Crippen LogP contribution in [-0.2, 0) is 4.79 Å². The first-order valence-electron chi connectivity index (χ1n) is 4.29. The molecule has 0 aliphatic rings. The summed E-state index contributed by atoms with van der Waals surface area (Å²) in [5.74, 6) is -1.44. The van der Waals surface area contributed by atoms with Crippen LogP contribution in [0.15, 0.2) is 35.7 Å². The van der Waals surface area contributed by atoms with E-state index in [9.17, 15) is 9.59 Å². The molecule has 1 heterocycles. The summed E-state index contributed by atoms with van der Waals surface area (Å²) in [4.78, 5) is 23.4. The molecule has 0 aliphatic heterocycles. The van der Waals surface area contributed by atoms with E-state index in [1.165, 1.54) is 29.6 Å². The van der Waals surface area contributed by atoms with Crippen molar-refractivity contribution >= 4 is 11.9 Å². The highest BCUT2D eigenvalue weighted by atomic mass is 16.4. The number of carbonyl (C=O) groups is 2. The molecule has 0 saturated heterocycles. The summed E-state index contributed by atoms with van der Waals surface area (Å²) in [6.07, 6.45) is 4.11. The van der Waals surface area contributed by atoms with Crippen LogP contribution >= 0.6 is 0 Å². The van der Waals surface area contributed by atoms with Crippen LogP contribution in [0.25, 0.3) is 0 Å². The van der Waals surface area contributed by atoms with Crippen LogP contribution in [0, 0.1) is 0 Å². The predicted octanol–water partition coefficient (Wildman–Crippen LogP) is 0.992. The molecule has 0 radical (unpaired) electrons. The van der Waals surface area contributed by atoms with Gasteiger partial charge in [-0.1, -0.05) is 6.08 Å². The molecule has 1 amide bonds. The molecule has 1 rings (SSSR count). The summed E-state index contributed by atoms with van der Waals surface area (Å²) in [5.41, 5.74) is 0.332. The summed E-state index contributed by atoms with van der Waals surface area (Å²) in [7, 11) is 0. The van der Waals surface area contributed by atoms with E-state index in [2.05, 4.69) is 6.58 Å². The minimum absolute atomic E-state index is 0.191. The highest BCUT2D eigenvalue weighted by Gasteiger charge is 2.17. The Hall–Kier alpha value is -2.04. The predicted molar refractivity (Wildman–Crippen MR) is 52.4 cm³/mol. The molecule has 0 aliphatic carbocycles. The van der Waals surface area contributed by atoms with Gasteiger partial charge < -0.3 is 14.4 Å². The fourth-order valence-electron chi connectivity index (χ4n) is 1.11. The Bertz CT molecular complexity index is 356. The first-order valence-corrected chi connectivity index (χ1v) is 4.29. The van der Waals surface area contributed by atoms with Crippen molar-refractivity contribution in [2.75, 3.05) is 13.1 Å². The molecule has 0 fully saturated rings. The number of hydrogen-bond acceptors (Lipinski definition) is 3. The second kappa shape index (κ2) is 4.99. The van der Waals surface area contributed by atoms with E-state index in [0.717, 1.165) is 0 Å². The topological polar surface area (TPSA) is 70.8 Å². The number of carboxylic acids is 1. The number of carbonyl (C=O) groups excluding carboxylic acids is 1. The van der Waals surface area contributed by atoms with Gasteiger partial charge in [0, 0.05) is 6.54 Å². The third-order valence-corrected chi connectivity index (χ3v) is 1.73. The maximum atomic E-state index is 11.7. The van der Waals surface area contributed by atoms with Gasteiger partial charge in [0.1, 0.15) is 12.8 Å². The first-order chi connectivity index (χ1) is 7.15. The first kappa shape index (κ1) is 11.0. The number of amides is 1. The summed E-state index contributed by atoms with van der Waals surface area (Å²) >= 11 is 0. The van der Waals surface area contributed by atoms with Gasteiger partial charge in [0.05, 0.1) is 11.8 Å². The molecule has 5 heteroatoms. The second-order valence-electron chi connectivity index (χ2n) is 2.88. The number of carboxylic acid groups (broad SMARTS) is 1. The number of aliphatic carboxylic acids is 1. The summed E-state index contributed by atoms with van der Waals surface area (Å²) in [5, 5.41) is 8.61. The van der Waals surface area contributed by atoms with E-state index in [1.54, 1.807) is 0 Å². The number of rotatable bonds is 5. The van der Waals surface area contributed by atoms with Crippen molar-refractivity contribution in [2.45, 2.75) is 0 Å². The third-order valence-electron chi connectivity index (χ3n) is 1.73. The summed E-state index contributed by atoms with van der Waals surface area (Å²) in [6, 6.07) is 1.49. The smallest absolute Gasteiger partial charge is 0.323 e. The van der Waals surface area contributed by atoms with E-state index in [-0.39, 0.29) is 19.0 Å². The SMILES string of the molecule is C=CCN(CC(=O)O)C(=O)c1ccoc1. The highest BCUT2D eigenvalue weighted by molar-refractivity contribution is 5.95. The van der Waals surface area contributed by atoms with Crippen molar-refractivity contribution in [3.05, 3.63) is 36.8 Å². The standard InChI is InChI=1S/C10H11NO4/c1-2-4-11(6-9(12)13)10(14)8-3-5-15-7-8/h2-3,5,7H,1,4,6H2,(H,12,13). The average molecular weight is 209 g/mol. The molecular formula is C10H11NO4. The van der Waals surface area contributed by atoms with Crippen molar-refractivity contribution < 1.29 is 19.1 Å². The molecule has 0 spiro atoms. The quantitative estimate of drug-likeness (QED) is 0.734. The van der Waals surface area contributed by atoms with Crippen molar-refractivity contribution in [1.82, 2.24) is 4.90 Å². The zero-order chi connectivity index (χ0) is 11.3. The van der Waals surface area contributed by atoms with Gasteiger partial charge in [-0.2, -0.15) is 0 Å². The van der Waals surface area contributed by atoms with E-state index in [4.69, 9.17) is 9.52 Å².